The Hall–Kier alpha value is -1.26. The zero-order valence-corrected chi connectivity index (χ0v) is 8.48. The molecule has 3 N–H and O–H groups in total. The Labute approximate surface area is 88.6 Å². The van der Waals surface area contributed by atoms with Crippen molar-refractivity contribution in [1.82, 2.24) is 0 Å². The van der Waals surface area contributed by atoms with Crippen LogP contribution in [0.2, 0.25) is 0 Å². The Kier molecular flexibility index (Phi) is 3.08. The summed E-state index contributed by atoms with van der Waals surface area (Å²) in [5.41, 5.74) is 6.85. The van der Waals surface area contributed by atoms with Gasteiger partial charge in [0, 0.05) is 12.6 Å². The number of hydrogen-bond acceptors (Lipinski definition) is 4. The van der Waals surface area contributed by atoms with Gasteiger partial charge < -0.3 is 20.3 Å². The normalized spacial score (nSPS) is 16.1. The molecule has 1 aliphatic rings. The Morgan fingerprint density at radius 1 is 1.27 bits per heavy atom. The van der Waals surface area contributed by atoms with Crippen molar-refractivity contribution >= 4 is 0 Å². The van der Waals surface area contributed by atoms with Crippen molar-refractivity contribution in [2.24, 2.45) is 5.73 Å². The molecular formula is C11H15NO3. The standard InChI is InChI=1S/C11H15NO3/c12-9(3-4-13)8-1-2-10-11(7-8)15-6-5-14-10/h1-2,7,9,13H,3-6,12H2. The van der Waals surface area contributed by atoms with Crippen LogP contribution in [-0.4, -0.2) is 24.9 Å². The van der Waals surface area contributed by atoms with E-state index in [1.54, 1.807) is 0 Å². The molecule has 0 fully saturated rings. The van der Waals surface area contributed by atoms with Crippen LogP contribution in [0.15, 0.2) is 18.2 Å². The van der Waals surface area contributed by atoms with E-state index in [-0.39, 0.29) is 12.6 Å². The summed E-state index contributed by atoms with van der Waals surface area (Å²) < 4.78 is 10.9. The SMILES string of the molecule is NC(CCO)c1ccc2c(c1)OCCO2. The molecular weight excluding hydrogens is 194 g/mol. The molecule has 0 bridgehead atoms. The first-order valence-corrected chi connectivity index (χ1v) is 5.07. The Bertz CT molecular complexity index is 341. The van der Waals surface area contributed by atoms with E-state index in [0.717, 1.165) is 17.1 Å². The highest BCUT2D eigenvalue weighted by atomic mass is 16.6. The molecule has 1 aliphatic heterocycles. The summed E-state index contributed by atoms with van der Waals surface area (Å²) in [5, 5.41) is 8.80. The maximum Gasteiger partial charge on any atom is 0.161 e. The fourth-order valence-corrected chi connectivity index (χ4v) is 1.60. The number of fused-ring (bicyclic) bond motifs is 1. The average molecular weight is 209 g/mol. The van der Waals surface area contributed by atoms with Crippen molar-refractivity contribution in [3.63, 3.8) is 0 Å². The Balaban J connectivity index is 2.20. The lowest BCUT2D eigenvalue weighted by Crippen LogP contribution is -2.17. The first-order chi connectivity index (χ1) is 7.31. The van der Waals surface area contributed by atoms with Crippen molar-refractivity contribution < 1.29 is 14.6 Å². The zero-order chi connectivity index (χ0) is 10.7. The van der Waals surface area contributed by atoms with E-state index in [1.165, 1.54) is 0 Å². The maximum absolute atomic E-state index is 8.80. The average Bonchev–Trinajstić information content (AvgIpc) is 2.29. The second kappa shape index (κ2) is 4.51. The predicted molar refractivity (Wildman–Crippen MR) is 56.1 cm³/mol. The van der Waals surface area contributed by atoms with Crippen LogP contribution in [0.1, 0.15) is 18.0 Å². The number of aliphatic hydroxyl groups excluding tert-OH is 1. The summed E-state index contributed by atoms with van der Waals surface area (Å²) in [5.74, 6) is 1.51. The van der Waals surface area contributed by atoms with Crippen molar-refractivity contribution in [1.29, 1.82) is 0 Å². The van der Waals surface area contributed by atoms with Crippen LogP contribution >= 0.6 is 0 Å². The minimum absolute atomic E-state index is 0.0929. The highest BCUT2D eigenvalue weighted by Crippen LogP contribution is 2.32. The zero-order valence-electron chi connectivity index (χ0n) is 8.48. The molecule has 1 heterocycles. The molecule has 1 atom stereocenters. The highest BCUT2D eigenvalue weighted by Gasteiger charge is 2.14. The number of nitrogens with two attached hydrogens (primary N) is 1. The fraction of sp³-hybridized carbons (Fsp3) is 0.455. The monoisotopic (exact) mass is 209 g/mol. The van der Waals surface area contributed by atoms with Gasteiger partial charge in [-0.15, -0.1) is 0 Å². The number of benzene rings is 1. The van der Waals surface area contributed by atoms with Crippen molar-refractivity contribution in [2.45, 2.75) is 12.5 Å². The topological polar surface area (TPSA) is 64.7 Å². The van der Waals surface area contributed by atoms with Gasteiger partial charge in [-0.2, -0.15) is 0 Å². The Morgan fingerprint density at radius 2 is 2.00 bits per heavy atom. The highest BCUT2D eigenvalue weighted by molar-refractivity contribution is 5.44. The van der Waals surface area contributed by atoms with E-state index in [4.69, 9.17) is 20.3 Å². The van der Waals surface area contributed by atoms with Crippen molar-refractivity contribution in [2.75, 3.05) is 19.8 Å². The Morgan fingerprint density at radius 3 is 2.73 bits per heavy atom. The van der Waals surface area contributed by atoms with Crippen LogP contribution in [0.3, 0.4) is 0 Å². The van der Waals surface area contributed by atoms with Gasteiger partial charge >= 0.3 is 0 Å². The van der Waals surface area contributed by atoms with Crippen LogP contribution in [-0.2, 0) is 0 Å². The maximum atomic E-state index is 8.80. The first kappa shape index (κ1) is 10.3. The summed E-state index contributed by atoms with van der Waals surface area (Å²) in [4.78, 5) is 0. The number of ether oxygens (including phenoxy) is 2. The van der Waals surface area contributed by atoms with E-state index in [1.807, 2.05) is 18.2 Å². The van der Waals surface area contributed by atoms with Gasteiger partial charge in [0.05, 0.1) is 0 Å². The van der Waals surface area contributed by atoms with E-state index in [2.05, 4.69) is 0 Å². The molecule has 82 valence electrons. The fourth-order valence-electron chi connectivity index (χ4n) is 1.60. The third-order valence-corrected chi connectivity index (χ3v) is 2.43. The van der Waals surface area contributed by atoms with Gasteiger partial charge in [0.25, 0.3) is 0 Å². The number of hydrogen-bond donors (Lipinski definition) is 2. The molecule has 4 nitrogen and oxygen atoms in total. The molecule has 1 aromatic rings. The molecule has 0 amide bonds. The summed E-state index contributed by atoms with van der Waals surface area (Å²) >= 11 is 0. The second-order valence-corrected chi connectivity index (χ2v) is 3.52. The molecule has 2 rings (SSSR count). The molecule has 0 saturated carbocycles. The molecule has 0 spiro atoms. The summed E-state index contributed by atoms with van der Waals surface area (Å²) in [6.07, 6.45) is 0.555. The van der Waals surface area contributed by atoms with E-state index in [0.29, 0.717) is 19.6 Å². The van der Waals surface area contributed by atoms with Gasteiger partial charge in [0.1, 0.15) is 13.2 Å². The van der Waals surface area contributed by atoms with Crippen LogP contribution in [0.5, 0.6) is 11.5 Å². The lowest BCUT2D eigenvalue weighted by molar-refractivity contribution is 0.171. The lowest BCUT2D eigenvalue weighted by atomic mass is 10.0. The molecule has 15 heavy (non-hydrogen) atoms. The minimum atomic E-state index is -0.147. The largest absolute Gasteiger partial charge is 0.486 e. The van der Waals surface area contributed by atoms with E-state index in [9.17, 15) is 0 Å². The summed E-state index contributed by atoms with van der Waals surface area (Å²) in [6.45, 7) is 1.26. The van der Waals surface area contributed by atoms with Gasteiger partial charge in [-0.25, -0.2) is 0 Å². The van der Waals surface area contributed by atoms with Crippen LogP contribution < -0.4 is 15.2 Å². The second-order valence-electron chi connectivity index (χ2n) is 3.52. The van der Waals surface area contributed by atoms with Crippen molar-refractivity contribution in [3.05, 3.63) is 23.8 Å². The number of aliphatic hydroxyl groups is 1. The predicted octanol–water partition coefficient (Wildman–Crippen LogP) is 0.840. The van der Waals surface area contributed by atoms with Crippen LogP contribution in [0.25, 0.3) is 0 Å². The quantitative estimate of drug-likeness (QED) is 0.774. The molecule has 1 unspecified atom stereocenters. The molecule has 0 saturated heterocycles. The minimum Gasteiger partial charge on any atom is -0.486 e. The molecule has 4 heteroatoms. The van der Waals surface area contributed by atoms with E-state index < -0.39 is 0 Å². The molecule has 0 aliphatic carbocycles. The third-order valence-electron chi connectivity index (χ3n) is 2.43. The smallest absolute Gasteiger partial charge is 0.161 e. The molecule has 1 aromatic carbocycles. The van der Waals surface area contributed by atoms with Crippen LogP contribution in [0, 0.1) is 0 Å². The van der Waals surface area contributed by atoms with Gasteiger partial charge in [0.15, 0.2) is 11.5 Å². The van der Waals surface area contributed by atoms with Gasteiger partial charge in [-0.3, -0.25) is 0 Å². The van der Waals surface area contributed by atoms with Gasteiger partial charge in [0.2, 0.25) is 0 Å². The molecule has 0 aromatic heterocycles. The summed E-state index contributed by atoms with van der Waals surface area (Å²) in [7, 11) is 0. The van der Waals surface area contributed by atoms with E-state index >= 15 is 0 Å². The third kappa shape index (κ3) is 2.22. The van der Waals surface area contributed by atoms with Gasteiger partial charge in [-0.1, -0.05) is 6.07 Å². The lowest BCUT2D eigenvalue weighted by Gasteiger charge is -2.20. The van der Waals surface area contributed by atoms with Crippen molar-refractivity contribution in [3.8, 4) is 11.5 Å². The first-order valence-electron chi connectivity index (χ1n) is 5.07. The number of rotatable bonds is 3. The summed E-state index contributed by atoms with van der Waals surface area (Å²) in [6, 6.07) is 5.51. The molecule has 0 radical (unpaired) electrons. The van der Waals surface area contributed by atoms with Gasteiger partial charge in [-0.05, 0) is 24.1 Å². The van der Waals surface area contributed by atoms with Crippen LogP contribution in [0.4, 0.5) is 0 Å².